The van der Waals surface area contributed by atoms with Gasteiger partial charge < -0.3 is 10.2 Å². The zero-order valence-electron chi connectivity index (χ0n) is 13.3. The molecule has 0 saturated heterocycles. The highest BCUT2D eigenvalue weighted by Crippen LogP contribution is 2.64. The maximum absolute atomic E-state index is 12.6. The number of phenolic OH excluding ortho intramolecular Hbond substituents is 1. The predicted molar refractivity (Wildman–Crippen MR) is 84.0 cm³/mol. The molecule has 5 atom stereocenters. The minimum Gasteiger partial charge on any atom is -0.508 e. The van der Waals surface area contributed by atoms with Gasteiger partial charge in [0, 0.05) is 12.0 Å². The van der Waals surface area contributed by atoms with E-state index in [4.69, 9.17) is 0 Å². The van der Waals surface area contributed by atoms with Gasteiger partial charge in [-0.15, -0.1) is 0 Å². The van der Waals surface area contributed by atoms with Crippen molar-refractivity contribution in [3.63, 3.8) is 0 Å². The van der Waals surface area contributed by atoms with Gasteiger partial charge in [0.05, 0.1) is 5.60 Å². The first-order valence-corrected chi connectivity index (χ1v) is 8.42. The number of fused-ring (bicyclic) bond motifs is 5. The van der Waals surface area contributed by atoms with Crippen LogP contribution in [-0.4, -0.2) is 21.6 Å². The van der Waals surface area contributed by atoms with Crippen molar-refractivity contribution in [2.45, 2.75) is 57.5 Å². The fourth-order valence-corrected chi connectivity index (χ4v) is 5.63. The summed E-state index contributed by atoms with van der Waals surface area (Å²) < 4.78 is 0. The Bertz CT molecular complexity index is 648. The van der Waals surface area contributed by atoms with Crippen LogP contribution in [-0.2, 0) is 0 Å². The minimum atomic E-state index is -0.610. The monoisotopic (exact) mass is 300 g/mol. The molecule has 118 valence electrons. The molecule has 1 aromatic rings. The number of aliphatic hydroxyl groups is 1. The first-order valence-electron chi connectivity index (χ1n) is 8.42. The van der Waals surface area contributed by atoms with E-state index < -0.39 is 5.60 Å². The third-order valence-corrected chi connectivity index (χ3v) is 7.16. The fourth-order valence-electron chi connectivity index (χ4n) is 5.63. The molecule has 2 saturated carbocycles. The van der Waals surface area contributed by atoms with Crippen LogP contribution in [0.1, 0.15) is 67.8 Å². The van der Waals surface area contributed by atoms with E-state index in [9.17, 15) is 15.0 Å². The first-order chi connectivity index (χ1) is 10.3. The van der Waals surface area contributed by atoms with Gasteiger partial charge in [-0.3, -0.25) is 4.79 Å². The van der Waals surface area contributed by atoms with E-state index in [1.165, 1.54) is 0 Å². The molecule has 0 amide bonds. The molecule has 22 heavy (non-hydrogen) atoms. The molecule has 0 heterocycles. The molecule has 0 radical (unpaired) electrons. The Morgan fingerprint density at radius 2 is 1.95 bits per heavy atom. The quantitative estimate of drug-likeness (QED) is 0.769. The summed E-state index contributed by atoms with van der Waals surface area (Å²) >= 11 is 0. The SMILES string of the molecule is C[C@]1(O)CC[C@H]2[C@@H]3CC(=O)c4cc(O)ccc4[C@H]3CC[C@@]21C. The van der Waals surface area contributed by atoms with Crippen molar-refractivity contribution in [3.05, 3.63) is 29.3 Å². The summed E-state index contributed by atoms with van der Waals surface area (Å²) in [6.45, 7) is 4.20. The maximum atomic E-state index is 12.6. The fraction of sp³-hybridized carbons (Fsp3) is 0.632. The van der Waals surface area contributed by atoms with Gasteiger partial charge in [-0.05, 0) is 73.5 Å². The highest BCUT2D eigenvalue weighted by molar-refractivity contribution is 5.99. The second kappa shape index (κ2) is 4.35. The molecule has 3 heteroatoms. The number of ketones is 1. The molecule has 4 rings (SSSR count). The lowest BCUT2D eigenvalue weighted by Crippen LogP contribution is -2.49. The van der Waals surface area contributed by atoms with Crippen LogP contribution in [0.3, 0.4) is 0 Å². The Labute approximate surface area is 131 Å². The molecule has 0 aromatic heterocycles. The number of Topliss-reactive ketones (excluding diaryl/α,β-unsaturated/α-hetero) is 1. The summed E-state index contributed by atoms with van der Waals surface area (Å²) in [4.78, 5) is 12.6. The number of hydrogen-bond acceptors (Lipinski definition) is 3. The number of phenols is 1. The predicted octanol–water partition coefficient (Wildman–Crippen LogP) is 3.64. The zero-order valence-corrected chi connectivity index (χ0v) is 13.3. The van der Waals surface area contributed by atoms with Crippen molar-refractivity contribution in [1.29, 1.82) is 0 Å². The molecular formula is C19H24O3. The lowest BCUT2D eigenvalue weighted by Gasteiger charge is -2.52. The van der Waals surface area contributed by atoms with Gasteiger partial charge in [0.25, 0.3) is 0 Å². The van der Waals surface area contributed by atoms with E-state index in [0.717, 1.165) is 36.8 Å². The van der Waals surface area contributed by atoms with Crippen LogP contribution in [0.4, 0.5) is 0 Å². The maximum Gasteiger partial charge on any atom is 0.163 e. The molecule has 0 bridgehead atoms. The average molecular weight is 300 g/mol. The van der Waals surface area contributed by atoms with Gasteiger partial charge >= 0.3 is 0 Å². The standard InChI is InChI=1S/C19H24O3/c1-18-7-5-13-12-4-3-11(20)9-15(12)17(21)10-14(13)16(18)6-8-19(18,2)22/h3-4,9,13-14,16,20,22H,5-8,10H2,1-2H3/t13-,14-,16+,18+,19+/m1/s1. The lowest BCUT2D eigenvalue weighted by molar-refractivity contribution is -0.0886. The molecule has 3 nitrogen and oxygen atoms in total. The second-order valence-electron chi connectivity index (χ2n) is 8.04. The van der Waals surface area contributed by atoms with Crippen LogP contribution >= 0.6 is 0 Å². The normalized spacial score (nSPS) is 43.4. The average Bonchev–Trinajstić information content (AvgIpc) is 2.70. The first kappa shape index (κ1) is 14.3. The van der Waals surface area contributed by atoms with Crippen molar-refractivity contribution in [2.24, 2.45) is 17.3 Å². The van der Waals surface area contributed by atoms with E-state index in [1.54, 1.807) is 12.1 Å². The van der Waals surface area contributed by atoms with E-state index in [1.807, 2.05) is 13.0 Å². The number of aromatic hydroxyl groups is 1. The van der Waals surface area contributed by atoms with Gasteiger partial charge in [0.15, 0.2) is 5.78 Å². The Kier molecular flexibility index (Phi) is 2.82. The molecule has 2 fully saturated rings. The summed E-state index contributed by atoms with van der Waals surface area (Å²) in [5, 5.41) is 20.5. The smallest absolute Gasteiger partial charge is 0.163 e. The van der Waals surface area contributed by atoms with E-state index in [0.29, 0.717) is 24.2 Å². The van der Waals surface area contributed by atoms with Crippen molar-refractivity contribution < 1.29 is 15.0 Å². The van der Waals surface area contributed by atoms with Gasteiger partial charge in [-0.1, -0.05) is 13.0 Å². The van der Waals surface area contributed by atoms with Crippen LogP contribution in [0.5, 0.6) is 5.75 Å². The summed E-state index contributed by atoms with van der Waals surface area (Å²) in [7, 11) is 0. The molecule has 2 N–H and O–H groups in total. The lowest BCUT2D eigenvalue weighted by atomic mass is 9.53. The van der Waals surface area contributed by atoms with E-state index >= 15 is 0 Å². The third-order valence-electron chi connectivity index (χ3n) is 7.16. The van der Waals surface area contributed by atoms with Crippen LogP contribution in [0.2, 0.25) is 0 Å². The number of benzene rings is 1. The van der Waals surface area contributed by atoms with Gasteiger partial charge in [-0.2, -0.15) is 0 Å². The minimum absolute atomic E-state index is 0.0666. The third kappa shape index (κ3) is 1.69. The van der Waals surface area contributed by atoms with Crippen LogP contribution < -0.4 is 0 Å². The Morgan fingerprint density at radius 3 is 2.73 bits per heavy atom. The van der Waals surface area contributed by atoms with E-state index in [-0.39, 0.29) is 16.9 Å². The number of carbonyl (C=O) groups excluding carboxylic acids is 1. The summed E-state index contributed by atoms with van der Waals surface area (Å²) in [6.07, 6.45) is 4.47. The van der Waals surface area contributed by atoms with Crippen molar-refractivity contribution in [2.75, 3.05) is 0 Å². The molecule has 1 aromatic carbocycles. The molecule has 0 aliphatic heterocycles. The van der Waals surface area contributed by atoms with E-state index in [2.05, 4.69) is 6.92 Å². The Hall–Kier alpha value is -1.35. The van der Waals surface area contributed by atoms with Crippen LogP contribution in [0.15, 0.2) is 18.2 Å². The van der Waals surface area contributed by atoms with Crippen molar-refractivity contribution in [3.8, 4) is 5.75 Å². The van der Waals surface area contributed by atoms with Crippen LogP contribution in [0, 0.1) is 17.3 Å². The summed E-state index contributed by atoms with van der Waals surface area (Å²) in [5.74, 6) is 1.50. The van der Waals surface area contributed by atoms with Crippen molar-refractivity contribution in [1.82, 2.24) is 0 Å². The Morgan fingerprint density at radius 1 is 1.18 bits per heavy atom. The summed E-state index contributed by atoms with van der Waals surface area (Å²) in [5.41, 5.74) is 1.16. The second-order valence-corrected chi connectivity index (χ2v) is 8.04. The molecule has 3 aliphatic carbocycles. The molecule has 0 spiro atoms. The number of carbonyl (C=O) groups is 1. The molecular weight excluding hydrogens is 276 g/mol. The topological polar surface area (TPSA) is 57.5 Å². The molecule has 3 aliphatic rings. The van der Waals surface area contributed by atoms with Gasteiger partial charge in [0.2, 0.25) is 0 Å². The van der Waals surface area contributed by atoms with Crippen LogP contribution in [0.25, 0.3) is 0 Å². The molecule has 0 unspecified atom stereocenters. The zero-order chi connectivity index (χ0) is 15.7. The number of rotatable bonds is 0. The highest BCUT2D eigenvalue weighted by Gasteiger charge is 2.60. The number of hydrogen-bond donors (Lipinski definition) is 2. The Balaban J connectivity index is 1.77. The largest absolute Gasteiger partial charge is 0.508 e. The van der Waals surface area contributed by atoms with Gasteiger partial charge in [-0.25, -0.2) is 0 Å². The van der Waals surface area contributed by atoms with Gasteiger partial charge in [0.1, 0.15) is 5.75 Å². The highest BCUT2D eigenvalue weighted by atomic mass is 16.3. The summed E-state index contributed by atoms with van der Waals surface area (Å²) in [6, 6.07) is 5.27. The van der Waals surface area contributed by atoms with Crippen molar-refractivity contribution >= 4 is 5.78 Å².